The fraction of sp³-hybridized carbons (Fsp3) is 0.480. The minimum Gasteiger partial charge on any atom is -0.493 e. The maximum Gasteiger partial charge on any atom is 0.271 e. The molecule has 4 rings (SSSR count). The molecule has 8 nitrogen and oxygen atoms in total. The van der Waals surface area contributed by atoms with Gasteiger partial charge in [-0.15, -0.1) is 0 Å². The Morgan fingerprint density at radius 3 is 2.79 bits per heavy atom. The van der Waals surface area contributed by atoms with Crippen LogP contribution in [0.4, 0.5) is 0 Å². The molecule has 0 aliphatic carbocycles. The van der Waals surface area contributed by atoms with Crippen LogP contribution in [0.15, 0.2) is 30.3 Å². The Labute approximate surface area is 194 Å². The van der Waals surface area contributed by atoms with Gasteiger partial charge < -0.3 is 14.4 Å². The van der Waals surface area contributed by atoms with Gasteiger partial charge in [-0.25, -0.2) is 0 Å². The molecule has 1 aromatic carbocycles. The number of nitrogens with one attached hydrogen (secondary N) is 1. The van der Waals surface area contributed by atoms with E-state index in [0.717, 1.165) is 73.0 Å². The lowest BCUT2D eigenvalue weighted by atomic mass is 10.1. The van der Waals surface area contributed by atoms with Crippen LogP contribution in [0.1, 0.15) is 48.1 Å². The Balaban J connectivity index is 1.34. The molecule has 3 heterocycles. The smallest absolute Gasteiger partial charge is 0.271 e. The first-order valence-electron chi connectivity index (χ1n) is 11.7. The number of aromatic nitrogens is 4. The summed E-state index contributed by atoms with van der Waals surface area (Å²) in [5.74, 6) is 1.91. The summed E-state index contributed by atoms with van der Waals surface area (Å²) >= 11 is 0. The number of amides is 1. The third-order valence-corrected chi connectivity index (χ3v) is 6.31. The van der Waals surface area contributed by atoms with Gasteiger partial charge in [-0.1, -0.05) is 19.1 Å². The summed E-state index contributed by atoms with van der Waals surface area (Å²) < 4.78 is 13.3. The van der Waals surface area contributed by atoms with Crippen LogP contribution in [0.3, 0.4) is 0 Å². The van der Waals surface area contributed by atoms with E-state index in [1.807, 2.05) is 46.8 Å². The van der Waals surface area contributed by atoms with Gasteiger partial charge in [0, 0.05) is 30.9 Å². The summed E-state index contributed by atoms with van der Waals surface area (Å²) in [4.78, 5) is 15.0. The van der Waals surface area contributed by atoms with Crippen LogP contribution in [-0.4, -0.2) is 57.6 Å². The summed E-state index contributed by atoms with van der Waals surface area (Å²) in [7, 11) is 1.64. The average Bonchev–Trinajstić information content (AvgIpc) is 3.54. The summed E-state index contributed by atoms with van der Waals surface area (Å²) in [6.07, 6.45) is 2.89. The molecule has 1 aliphatic rings. The van der Waals surface area contributed by atoms with Crippen molar-refractivity contribution in [2.45, 2.75) is 46.6 Å². The number of benzene rings is 1. The van der Waals surface area contributed by atoms with Crippen molar-refractivity contribution >= 4 is 5.91 Å². The molecule has 2 aromatic heterocycles. The molecule has 0 saturated carbocycles. The predicted octanol–water partition coefficient (Wildman–Crippen LogP) is 4.24. The van der Waals surface area contributed by atoms with E-state index in [0.29, 0.717) is 18.2 Å². The quantitative estimate of drug-likeness (QED) is 0.526. The number of aryl methyl sites for hydroxylation is 2. The number of ether oxygens (including phenoxy) is 2. The number of para-hydroxylation sites is 2. The molecule has 1 fully saturated rings. The van der Waals surface area contributed by atoms with Gasteiger partial charge in [-0.2, -0.15) is 10.2 Å². The van der Waals surface area contributed by atoms with E-state index in [-0.39, 0.29) is 5.91 Å². The van der Waals surface area contributed by atoms with E-state index in [1.165, 1.54) is 0 Å². The predicted molar refractivity (Wildman–Crippen MR) is 127 cm³/mol. The molecule has 0 spiro atoms. The first-order valence-corrected chi connectivity index (χ1v) is 11.7. The first kappa shape index (κ1) is 22.9. The number of hydrogen-bond donors (Lipinski definition) is 1. The van der Waals surface area contributed by atoms with Crippen molar-refractivity contribution in [1.29, 1.82) is 0 Å². The number of aromatic amines is 1. The molecule has 1 atom stereocenters. The summed E-state index contributed by atoms with van der Waals surface area (Å²) in [5, 5.41) is 12.0. The van der Waals surface area contributed by atoms with Gasteiger partial charge in [0.2, 0.25) is 0 Å². The highest BCUT2D eigenvalue weighted by Gasteiger charge is 2.28. The van der Waals surface area contributed by atoms with E-state index in [2.05, 4.69) is 29.1 Å². The molecule has 1 N–H and O–H groups in total. The normalized spacial score (nSPS) is 15.8. The number of H-pyrrole nitrogens is 1. The number of likely N-dealkylation sites (tertiary alicyclic amines) is 1. The van der Waals surface area contributed by atoms with Crippen LogP contribution < -0.4 is 9.47 Å². The van der Waals surface area contributed by atoms with Crippen LogP contribution in [0.5, 0.6) is 11.5 Å². The average molecular weight is 452 g/mol. The lowest BCUT2D eigenvalue weighted by Gasteiger charge is -2.16. The molecule has 176 valence electrons. The fourth-order valence-corrected chi connectivity index (χ4v) is 4.55. The van der Waals surface area contributed by atoms with Crippen molar-refractivity contribution < 1.29 is 14.3 Å². The van der Waals surface area contributed by atoms with Crippen molar-refractivity contribution in [2.75, 3.05) is 26.8 Å². The molecule has 33 heavy (non-hydrogen) atoms. The van der Waals surface area contributed by atoms with Gasteiger partial charge in [0.15, 0.2) is 11.5 Å². The Kier molecular flexibility index (Phi) is 7.01. The second-order valence-electron chi connectivity index (χ2n) is 8.63. The maximum absolute atomic E-state index is 13.1. The maximum atomic E-state index is 13.1. The molecule has 0 radical (unpaired) electrons. The fourth-order valence-electron chi connectivity index (χ4n) is 4.55. The highest BCUT2D eigenvalue weighted by molar-refractivity contribution is 5.93. The van der Waals surface area contributed by atoms with Gasteiger partial charge in [0.1, 0.15) is 5.69 Å². The monoisotopic (exact) mass is 451 g/mol. The standard InChI is InChI=1S/C25H33N5O3/c1-5-12-30-18(3)24(17(2)28-30)20-15-21(27-26-20)25(31)29-13-10-19(16-29)11-14-33-23-9-7-6-8-22(23)32-4/h6-9,15,19H,5,10-14,16H2,1-4H3,(H,26,27). The SMILES string of the molecule is CCCn1nc(C)c(-c2cc(C(=O)N3CCC(CCOc4ccccc4OC)C3)[nH]n2)c1C. The molecule has 1 unspecified atom stereocenters. The lowest BCUT2D eigenvalue weighted by Crippen LogP contribution is -2.29. The summed E-state index contributed by atoms with van der Waals surface area (Å²) in [6.45, 7) is 9.13. The van der Waals surface area contributed by atoms with Crippen LogP contribution in [0.25, 0.3) is 11.3 Å². The summed E-state index contributed by atoms with van der Waals surface area (Å²) in [6, 6.07) is 9.52. The van der Waals surface area contributed by atoms with E-state index >= 15 is 0 Å². The number of methoxy groups -OCH3 is 1. The first-order chi connectivity index (χ1) is 16.0. The van der Waals surface area contributed by atoms with Gasteiger partial charge >= 0.3 is 0 Å². The van der Waals surface area contributed by atoms with Gasteiger partial charge in [0.05, 0.1) is 25.1 Å². The van der Waals surface area contributed by atoms with Crippen LogP contribution in [-0.2, 0) is 6.54 Å². The number of hydrogen-bond acceptors (Lipinski definition) is 5. The highest BCUT2D eigenvalue weighted by Crippen LogP contribution is 2.29. The zero-order chi connectivity index (χ0) is 23.4. The van der Waals surface area contributed by atoms with Crippen LogP contribution >= 0.6 is 0 Å². The van der Waals surface area contributed by atoms with Gasteiger partial charge in [0.25, 0.3) is 5.91 Å². The lowest BCUT2D eigenvalue weighted by molar-refractivity contribution is 0.0779. The zero-order valence-electron chi connectivity index (χ0n) is 19.9. The minimum absolute atomic E-state index is 0.00171. The van der Waals surface area contributed by atoms with Crippen molar-refractivity contribution in [3.8, 4) is 22.8 Å². The third-order valence-electron chi connectivity index (χ3n) is 6.31. The van der Waals surface area contributed by atoms with E-state index < -0.39 is 0 Å². The Morgan fingerprint density at radius 2 is 2.03 bits per heavy atom. The minimum atomic E-state index is -0.00171. The van der Waals surface area contributed by atoms with E-state index in [9.17, 15) is 4.79 Å². The molecule has 1 saturated heterocycles. The van der Waals surface area contributed by atoms with Crippen molar-refractivity contribution in [1.82, 2.24) is 24.9 Å². The molecular weight excluding hydrogens is 418 g/mol. The molecule has 0 bridgehead atoms. The Hall–Kier alpha value is -3.29. The van der Waals surface area contributed by atoms with Crippen molar-refractivity contribution in [3.05, 3.63) is 47.4 Å². The number of carbonyl (C=O) groups excluding carboxylic acids is 1. The number of carbonyl (C=O) groups is 1. The van der Waals surface area contributed by atoms with Crippen molar-refractivity contribution in [2.24, 2.45) is 5.92 Å². The topological polar surface area (TPSA) is 85.3 Å². The van der Waals surface area contributed by atoms with E-state index in [1.54, 1.807) is 7.11 Å². The molecule has 1 amide bonds. The Morgan fingerprint density at radius 1 is 1.24 bits per heavy atom. The second-order valence-corrected chi connectivity index (χ2v) is 8.63. The van der Waals surface area contributed by atoms with Gasteiger partial charge in [-0.3, -0.25) is 14.6 Å². The molecule has 1 aliphatic heterocycles. The largest absolute Gasteiger partial charge is 0.493 e. The van der Waals surface area contributed by atoms with E-state index in [4.69, 9.17) is 9.47 Å². The number of nitrogens with zero attached hydrogens (tertiary/aromatic N) is 4. The number of rotatable bonds is 9. The zero-order valence-corrected chi connectivity index (χ0v) is 19.9. The third kappa shape index (κ3) is 4.89. The van der Waals surface area contributed by atoms with Crippen LogP contribution in [0, 0.1) is 19.8 Å². The van der Waals surface area contributed by atoms with Crippen molar-refractivity contribution in [3.63, 3.8) is 0 Å². The highest BCUT2D eigenvalue weighted by atomic mass is 16.5. The molecule has 3 aromatic rings. The van der Waals surface area contributed by atoms with Crippen LogP contribution in [0.2, 0.25) is 0 Å². The van der Waals surface area contributed by atoms with Gasteiger partial charge in [-0.05, 0) is 57.2 Å². The Bertz CT molecular complexity index is 1100. The second kappa shape index (κ2) is 10.1. The summed E-state index contributed by atoms with van der Waals surface area (Å²) in [5.41, 5.74) is 4.32. The molecule has 8 heteroatoms. The molecular formula is C25H33N5O3.